The third-order valence-corrected chi connectivity index (χ3v) is 7.05. The number of amidine groups is 1. The van der Waals surface area contributed by atoms with E-state index in [2.05, 4.69) is 28.8 Å². The van der Waals surface area contributed by atoms with Gasteiger partial charge in [-0.3, -0.25) is 4.79 Å². The first-order valence-corrected chi connectivity index (χ1v) is 11.4. The van der Waals surface area contributed by atoms with E-state index in [1.54, 1.807) is 18.2 Å². The molecule has 2 aromatic rings. The first-order valence-electron chi connectivity index (χ1n) is 9.97. The highest BCUT2D eigenvalue weighted by Crippen LogP contribution is 2.29. The number of amides is 1. The zero-order valence-corrected chi connectivity index (χ0v) is 17.2. The molecule has 6 nitrogen and oxygen atoms in total. The van der Waals surface area contributed by atoms with Gasteiger partial charge in [-0.15, -0.1) is 4.40 Å². The highest BCUT2D eigenvalue weighted by atomic mass is 32.2. The van der Waals surface area contributed by atoms with Gasteiger partial charge in [0.05, 0.1) is 0 Å². The lowest BCUT2D eigenvalue weighted by Gasteiger charge is -2.32. The fraction of sp³-hybridized carbons (Fsp3) is 0.364. The van der Waals surface area contributed by atoms with Crippen molar-refractivity contribution in [1.29, 1.82) is 0 Å². The second kappa shape index (κ2) is 7.99. The Morgan fingerprint density at radius 2 is 1.76 bits per heavy atom. The van der Waals surface area contributed by atoms with E-state index in [0.29, 0.717) is 43.9 Å². The van der Waals surface area contributed by atoms with Crippen LogP contribution in [-0.2, 0) is 14.8 Å². The Labute approximate surface area is 171 Å². The summed E-state index contributed by atoms with van der Waals surface area (Å²) in [6, 6.07) is 17.1. The number of nitrogens with zero attached hydrogens (tertiary/aromatic N) is 2. The normalized spacial score (nSPS) is 19.3. The fourth-order valence-corrected chi connectivity index (χ4v) is 5.20. The zero-order chi connectivity index (χ0) is 20.4. The van der Waals surface area contributed by atoms with Crippen LogP contribution in [0.5, 0.6) is 0 Å². The molecular formula is C22H25N3O3S. The molecule has 0 saturated carbocycles. The van der Waals surface area contributed by atoms with Crippen molar-refractivity contribution in [1.82, 2.24) is 10.2 Å². The lowest BCUT2D eigenvalue weighted by atomic mass is 9.94. The molecule has 1 saturated heterocycles. The molecule has 2 aliphatic rings. The Morgan fingerprint density at radius 1 is 1.10 bits per heavy atom. The number of sulfonamides is 1. The van der Waals surface area contributed by atoms with Crippen molar-refractivity contribution >= 4 is 21.8 Å². The van der Waals surface area contributed by atoms with Crippen molar-refractivity contribution in [2.45, 2.75) is 30.6 Å². The van der Waals surface area contributed by atoms with E-state index in [0.717, 1.165) is 0 Å². The van der Waals surface area contributed by atoms with Crippen LogP contribution in [0.2, 0.25) is 0 Å². The number of piperidine rings is 1. The predicted molar refractivity (Wildman–Crippen MR) is 112 cm³/mol. The monoisotopic (exact) mass is 411 g/mol. The fourth-order valence-electron chi connectivity index (χ4n) is 3.97. The Kier molecular flexibility index (Phi) is 5.41. The first kappa shape index (κ1) is 19.6. The van der Waals surface area contributed by atoms with Gasteiger partial charge in [-0.05, 0) is 36.5 Å². The molecule has 4 rings (SSSR count). The molecule has 0 bridgehead atoms. The Bertz CT molecular complexity index is 1030. The summed E-state index contributed by atoms with van der Waals surface area (Å²) in [5, 5.41) is 3.08. The van der Waals surface area contributed by atoms with Crippen molar-refractivity contribution in [2.24, 2.45) is 10.3 Å². The second-order valence-electron chi connectivity index (χ2n) is 7.70. The van der Waals surface area contributed by atoms with E-state index in [1.807, 2.05) is 29.2 Å². The molecule has 1 N–H and O–H groups in total. The van der Waals surface area contributed by atoms with Gasteiger partial charge in [0.2, 0.25) is 5.91 Å². The molecule has 0 aliphatic carbocycles. The van der Waals surface area contributed by atoms with Crippen LogP contribution in [0.25, 0.3) is 0 Å². The number of fused-ring (bicyclic) bond motifs is 1. The second-order valence-corrected chi connectivity index (χ2v) is 9.28. The van der Waals surface area contributed by atoms with Crippen LogP contribution < -0.4 is 5.32 Å². The van der Waals surface area contributed by atoms with Crippen molar-refractivity contribution in [3.63, 3.8) is 0 Å². The van der Waals surface area contributed by atoms with Crippen LogP contribution in [-0.4, -0.2) is 44.7 Å². The molecule has 0 spiro atoms. The number of likely N-dealkylation sites (tertiary alicyclic amines) is 1. The van der Waals surface area contributed by atoms with Crippen molar-refractivity contribution in [3.8, 4) is 0 Å². The number of nitrogens with one attached hydrogen (secondary N) is 1. The van der Waals surface area contributed by atoms with Crippen LogP contribution >= 0.6 is 0 Å². The number of rotatable bonds is 4. The van der Waals surface area contributed by atoms with E-state index in [-0.39, 0.29) is 22.6 Å². The van der Waals surface area contributed by atoms with Crippen LogP contribution in [0, 0.1) is 5.92 Å². The van der Waals surface area contributed by atoms with Crippen LogP contribution in [0.15, 0.2) is 63.9 Å². The molecule has 2 heterocycles. The Morgan fingerprint density at radius 3 is 2.48 bits per heavy atom. The lowest BCUT2D eigenvalue weighted by molar-refractivity contribution is -0.126. The maximum atomic E-state index is 12.6. The molecule has 1 fully saturated rings. The summed E-state index contributed by atoms with van der Waals surface area (Å²) in [4.78, 5) is 14.9. The number of hydrogen-bond acceptors (Lipinski definition) is 4. The molecule has 0 unspecified atom stereocenters. The maximum Gasteiger partial charge on any atom is 0.285 e. The average Bonchev–Trinajstić information content (AvgIpc) is 3.04. The van der Waals surface area contributed by atoms with E-state index < -0.39 is 10.0 Å². The van der Waals surface area contributed by atoms with Crippen molar-refractivity contribution in [2.75, 3.05) is 19.6 Å². The average molecular weight is 412 g/mol. The van der Waals surface area contributed by atoms with E-state index in [4.69, 9.17) is 0 Å². The summed E-state index contributed by atoms with van der Waals surface area (Å²) >= 11 is 0. The maximum absolute atomic E-state index is 12.6. The zero-order valence-electron chi connectivity index (χ0n) is 16.4. The SMILES string of the molecule is C[C@@H](CNC(=O)C1CCN(C2=NS(=O)(=O)c3ccccc32)CC1)c1ccccc1. The third kappa shape index (κ3) is 4.05. The van der Waals surface area contributed by atoms with Gasteiger partial charge in [-0.2, -0.15) is 8.42 Å². The van der Waals surface area contributed by atoms with Gasteiger partial charge in [-0.1, -0.05) is 49.4 Å². The van der Waals surface area contributed by atoms with Gasteiger partial charge in [0.25, 0.3) is 10.0 Å². The van der Waals surface area contributed by atoms with Gasteiger partial charge in [-0.25, -0.2) is 0 Å². The number of carbonyl (C=O) groups is 1. The van der Waals surface area contributed by atoms with Gasteiger partial charge in [0, 0.05) is 31.1 Å². The van der Waals surface area contributed by atoms with Crippen molar-refractivity contribution in [3.05, 3.63) is 65.7 Å². The lowest BCUT2D eigenvalue weighted by Crippen LogP contribution is -2.43. The van der Waals surface area contributed by atoms with Crippen LogP contribution in [0.4, 0.5) is 0 Å². The van der Waals surface area contributed by atoms with Gasteiger partial charge in [0.15, 0.2) is 5.84 Å². The van der Waals surface area contributed by atoms with E-state index in [1.165, 1.54) is 5.56 Å². The summed E-state index contributed by atoms with van der Waals surface area (Å²) < 4.78 is 28.5. The molecule has 29 heavy (non-hydrogen) atoms. The highest BCUT2D eigenvalue weighted by Gasteiger charge is 2.34. The minimum absolute atomic E-state index is 0.0527. The number of benzene rings is 2. The summed E-state index contributed by atoms with van der Waals surface area (Å²) in [6.45, 7) is 3.96. The summed E-state index contributed by atoms with van der Waals surface area (Å²) in [5.74, 6) is 0.795. The van der Waals surface area contributed by atoms with Gasteiger partial charge >= 0.3 is 0 Å². The molecule has 1 atom stereocenters. The molecule has 1 amide bonds. The molecule has 0 radical (unpaired) electrons. The highest BCUT2D eigenvalue weighted by molar-refractivity contribution is 7.90. The molecule has 0 aromatic heterocycles. The smallest absolute Gasteiger partial charge is 0.285 e. The molecular weight excluding hydrogens is 386 g/mol. The van der Waals surface area contributed by atoms with Gasteiger partial charge in [0.1, 0.15) is 4.90 Å². The molecule has 152 valence electrons. The van der Waals surface area contributed by atoms with Crippen LogP contribution in [0.3, 0.4) is 0 Å². The standard InChI is InChI=1S/C22H25N3O3S/c1-16(17-7-3-2-4-8-17)15-23-22(26)18-11-13-25(14-12-18)21-19-9-5-6-10-20(19)29(27,28)24-21/h2-10,16,18H,11-15H2,1H3,(H,23,26)/t16-/m0/s1. The minimum Gasteiger partial charge on any atom is -0.355 e. The topological polar surface area (TPSA) is 78.8 Å². The quantitative estimate of drug-likeness (QED) is 0.839. The molecule has 2 aromatic carbocycles. The van der Waals surface area contributed by atoms with Crippen LogP contribution in [0.1, 0.15) is 36.8 Å². The minimum atomic E-state index is -3.61. The van der Waals surface area contributed by atoms with Gasteiger partial charge < -0.3 is 10.2 Å². The Balaban J connectivity index is 1.34. The number of hydrogen-bond donors (Lipinski definition) is 1. The summed E-state index contributed by atoms with van der Waals surface area (Å²) in [5.41, 5.74) is 1.87. The third-order valence-electron chi connectivity index (χ3n) is 5.73. The summed E-state index contributed by atoms with van der Waals surface area (Å²) in [7, 11) is -3.61. The largest absolute Gasteiger partial charge is 0.355 e. The van der Waals surface area contributed by atoms with Crippen molar-refractivity contribution < 1.29 is 13.2 Å². The van der Waals surface area contributed by atoms with E-state index in [9.17, 15) is 13.2 Å². The van der Waals surface area contributed by atoms with E-state index >= 15 is 0 Å². The predicted octanol–water partition coefficient (Wildman–Crippen LogP) is 2.77. The molecule has 2 aliphatic heterocycles. The molecule has 7 heteroatoms. The first-order chi connectivity index (χ1) is 14.0. The number of carbonyl (C=O) groups excluding carboxylic acids is 1. The summed E-state index contributed by atoms with van der Waals surface area (Å²) in [6.07, 6.45) is 1.37. The Hall–Kier alpha value is -2.67.